The van der Waals surface area contributed by atoms with Crippen LogP contribution in [0.15, 0.2) is 30.5 Å². The predicted octanol–water partition coefficient (Wildman–Crippen LogP) is 1.12. The van der Waals surface area contributed by atoms with E-state index >= 15 is 0 Å². The highest BCUT2D eigenvalue weighted by Gasteiger charge is 2.30. The molecule has 1 aromatic carbocycles. The lowest BCUT2D eigenvalue weighted by Gasteiger charge is -2.13. The molecule has 1 fully saturated rings. The molecule has 1 aliphatic heterocycles. The van der Waals surface area contributed by atoms with Crippen LogP contribution >= 0.6 is 11.8 Å². The number of imide groups is 1. The van der Waals surface area contributed by atoms with E-state index in [1.165, 1.54) is 10.9 Å². The first kappa shape index (κ1) is 17.0. The fourth-order valence-corrected chi connectivity index (χ4v) is 2.97. The molecule has 3 amide bonds. The first-order valence-electron chi connectivity index (χ1n) is 7.35. The number of anilines is 1. The summed E-state index contributed by atoms with van der Waals surface area (Å²) < 4.78 is 6.42. The van der Waals surface area contributed by atoms with Gasteiger partial charge in [-0.05, 0) is 24.3 Å². The normalized spacial score (nSPS) is 14.0. The van der Waals surface area contributed by atoms with Crippen molar-refractivity contribution in [3.8, 4) is 5.75 Å². The van der Waals surface area contributed by atoms with Crippen LogP contribution in [-0.2, 0) is 22.7 Å². The minimum Gasteiger partial charge on any atom is -0.497 e. The van der Waals surface area contributed by atoms with Gasteiger partial charge in [0.2, 0.25) is 11.8 Å². The lowest BCUT2D eigenvalue weighted by molar-refractivity contribution is -0.125. The third kappa shape index (κ3) is 3.97. The summed E-state index contributed by atoms with van der Waals surface area (Å²) >= 11 is 0.958. The van der Waals surface area contributed by atoms with Crippen molar-refractivity contribution < 1.29 is 19.1 Å². The van der Waals surface area contributed by atoms with Gasteiger partial charge in [0.25, 0.3) is 5.24 Å². The number of nitrogens with one attached hydrogen (secondary N) is 1. The average Bonchev–Trinajstić information content (AvgIpc) is 3.17. The van der Waals surface area contributed by atoms with Crippen molar-refractivity contribution in [1.29, 1.82) is 0 Å². The van der Waals surface area contributed by atoms with Crippen LogP contribution in [0.4, 0.5) is 10.5 Å². The molecule has 3 rings (SSSR count). The molecule has 1 aliphatic rings. The molecule has 0 spiro atoms. The van der Waals surface area contributed by atoms with Gasteiger partial charge in [-0.1, -0.05) is 17.0 Å². The molecule has 2 heterocycles. The number of hydrogen-bond acceptors (Lipinski definition) is 7. The van der Waals surface area contributed by atoms with E-state index in [1.54, 1.807) is 31.4 Å². The number of benzene rings is 1. The van der Waals surface area contributed by atoms with Crippen LogP contribution in [0.3, 0.4) is 0 Å². The van der Waals surface area contributed by atoms with Crippen LogP contribution in [0.25, 0.3) is 0 Å². The van der Waals surface area contributed by atoms with E-state index in [0.29, 0.717) is 17.1 Å². The van der Waals surface area contributed by atoms with E-state index in [1.807, 2.05) is 0 Å². The van der Waals surface area contributed by atoms with E-state index in [-0.39, 0.29) is 35.9 Å². The van der Waals surface area contributed by atoms with E-state index in [4.69, 9.17) is 4.74 Å². The number of thioether (sulfide) groups is 1. The van der Waals surface area contributed by atoms with E-state index in [9.17, 15) is 14.4 Å². The van der Waals surface area contributed by atoms with Crippen molar-refractivity contribution in [1.82, 2.24) is 19.9 Å². The van der Waals surface area contributed by atoms with Gasteiger partial charge in [-0.15, -0.1) is 5.10 Å². The number of carbonyl (C=O) groups excluding carboxylic acids is 3. The molecule has 1 saturated heterocycles. The summed E-state index contributed by atoms with van der Waals surface area (Å²) in [6.45, 7) is -0.0296. The zero-order valence-corrected chi connectivity index (χ0v) is 14.2. The Morgan fingerprint density at radius 3 is 2.72 bits per heavy atom. The molecule has 0 aliphatic carbocycles. The maximum absolute atomic E-state index is 12.2. The highest BCUT2D eigenvalue weighted by Crippen LogP contribution is 2.21. The summed E-state index contributed by atoms with van der Waals surface area (Å²) in [5.74, 6) is 0.267. The van der Waals surface area contributed by atoms with E-state index < -0.39 is 0 Å². The van der Waals surface area contributed by atoms with Gasteiger partial charge in [-0.2, -0.15) is 0 Å². The summed E-state index contributed by atoms with van der Waals surface area (Å²) in [5.41, 5.74) is 1.13. The Morgan fingerprint density at radius 2 is 2.08 bits per heavy atom. The molecule has 0 saturated carbocycles. The zero-order chi connectivity index (χ0) is 17.8. The molecule has 0 radical (unpaired) electrons. The minimum absolute atomic E-state index is 0.0491. The van der Waals surface area contributed by atoms with Crippen LogP contribution in [0.5, 0.6) is 5.75 Å². The van der Waals surface area contributed by atoms with Crippen molar-refractivity contribution in [3.05, 3.63) is 36.2 Å². The number of amides is 3. The fraction of sp³-hybridized carbons (Fsp3) is 0.267. The van der Waals surface area contributed by atoms with Gasteiger partial charge in [0, 0.05) is 5.69 Å². The average molecular weight is 361 g/mol. The topological polar surface area (TPSA) is 106 Å². The Morgan fingerprint density at radius 1 is 1.32 bits per heavy atom. The summed E-state index contributed by atoms with van der Waals surface area (Å²) in [7, 11) is 1.56. The third-order valence-corrected chi connectivity index (χ3v) is 4.38. The molecular weight excluding hydrogens is 346 g/mol. The molecule has 1 aromatic heterocycles. The van der Waals surface area contributed by atoms with Gasteiger partial charge in [0.15, 0.2) is 0 Å². The van der Waals surface area contributed by atoms with Crippen molar-refractivity contribution in [2.24, 2.45) is 0 Å². The summed E-state index contributed by atoms with van der Waals surface area (Å²) in [6, 6.07) is 6.91. The molecule has 10 heteroatoms. The second kappa shape index (κ2) is 7.34. The third-order valence-electron chi connectivity index (χ3n) is 3.53. The van der Waals surface area contributed by atoms with Gasteiger partial charge in [0.05, 0.1) is 31.3 Å². The van der Waals surface area contributed by atoms with Crippen molar-refractivity contribution >= 4 is 34.5 Å². The largest absolute Gasteiger partial charge is 0.497 e. The van der Waals surface area contributed by atoms with Crippen molar-refractivity contribution in [3.63, 3.8) is 0 Å². The molecule has 2 aromatic rings. The Balaban J connectivity index is 1.63. The molecule has 0 atom stereocenters. The second-order valence-electron chi connectivity index (χ2n) is 5.19. The van der Waals surface area contributed by atoms with Crippen molar-refractivity contribution in [2.75, 3.05) is 18.2 Å². The number of methoxy groups -OCH3 is 1. The van der Waals surface area contributed by atoms with Gasteiger partial charge in [-0.3, -0.25) is 19.3 Å². The van der Waals surface area contributed by atoms with Gasteiger partial charge in [0.1, 0.15) is 12.3 Å². The Labute approximate surface area is 147 Å². The fourth-order valence-electron chi connectivity index (χ4n) is 2.24. The predicted molar refractivity (Wildman–Crippen MR) is 90.0 cm³/mol. The molecule has 9 nitrogen and oxygen atoms in total. The molecule has 130 valence electrons. The Kier molecular flexibility index (Phi) is 4.98. The van der Waals surface area contributed by atoms with Crippen LogP contribution in [0.2, 0.25) is 0 Å². The maximum Gasteiger partial charge on any atom is 0.289 e. The van der Waals surface area contributed by atoms with Gasteiger partial charge >= 0.3 is 0 Å². The van der Waals surface area contributed by atoms with Crippen LogP contribution < -0.4 is 10.1 Å². The maximum atomic E-state index is 12.2. The van der Waals surface area contributed by atoms with Crippen LogP contribution in [-0.4, -0.2) is 49.8 Å². The first-order valence-corrected chi connectivity index (χ1v) is 8.34. The highest BCUT2D eigenvalue weighted by molar-refractivity contribution is 8.14. The smallest absolute Gasteiger partial charge is 0.289 e. The lowest BCUT2D eigenvalue weighted by Crippen LogP contribution is -2.30. The Hall–Kier alpha value is -2.88. The summed E-state index contributed by atoms with van der Waals surface area (Å²) in [5, 5.41) is 10.0. The standard InChI is InChI=1S/C15H15N5O4S/c1-24-12-4-2-10(3-5-12)17-13(21)8-20-11(6-16-18-20)7-19-14(22)9-25-15(19)23/h2-6H,7-9H2,1H3,(H,17,21). The molecule has 0 bridgehead atoms. The second-order valence-corrected chi connectivity index (χ2v) is 6.12. The van der Waals surface area contributed by atoms with Crippen LogP contribution in [0, 0.1) is 0 Å². The minimum atomic E-state index is -0.305. The zero-order valence-electron chi connectivity index (χ0n) is 13.3. The van der Waals surface area contributed by atoms with E-state index in [2.05, 4.69) is 15.6 Å². The number of ether oxygens (including phenoxy) is 1. The number of hydrogen-bond donors (Lipinski definition) is 1. The number of carbonyl (C=O) groups is 3. The monoisotopic (exact) mass is 361 g/mol. The van der Waals surface area contributed by atoms with Gasteiger partial charge < -0.3 is 10.1 Å². The highest BCUT2D eigenvalue weighted by atomic mass is 32.2. The lowest BCUT2D eigenvalue weighted by atomic mass is 10.3. The molecule has 1 N–H and O–H groups in total. The molecule has 25 heavy (non-hydrogen) atoms. The van der Waals surface area contributed by atoms with Crippen molar-refractivity contribution in [2.45, 2.75) is 13.1 Å². The quantitative estimate of drug-likeness (QED) is 0.822. The number of rotatable bonds is 6. The number of nitrogens with zero attached hydrogens (tertiary/aromatic N) is 4. The molecule has 0 unspecified atom stereocenters. The summed E-state index contributed by atoms with van der Waals surface area (Å²) in [4.78, 5) is 36.6. The van der Waals surface area contributed by atoms with Gasteiger partial charge in [-0.25, -0.2) is 4.68 Å². The Bertz CT molecular complexity index is 789. The van der Waals surface area contributed by atoms with E-state index in [0.717, 1.165) is 16.7 Å². The first-order chi connectivity index (χ1) is 12.1. The number of aromatic nitrogens is 3. The van der Waals surface area contributed by atoms with Crippen LogP contribution in [0.1, 0.15) is 5.69 Å². The summed E-state index contributed by atoms with van der Waals surface area (Å²) in [6.07, 6.45) is 1.43. The SMILES string of the molecule is COc1ccc(NC(=O)Cn2nncc2CN2C(=O)CSC2=O)cc1. The molecular formula is C15H15N5O4S.